The highest BCUT2D eigenvalue weighted by atomic mass is 79.9. The molecule has 1 aromatic carbocycles. The Morgan fingerprint density at radius 1 is 1.20 bits per heavy atom. The smallest absolute Gasteiger partial charge is 0.374 e. The molecule has 0 aliphatic rings. The molecule has 0 fully saturated rings. The van der Waals surface area contributed by atoms with Gasteiger partial charge >= 0.3 is 5.97 Å². The van der Waals surface area contributed by atoms with Crippen LogP contribution in [0.4, 0.5) is 0 Å². The van der Waals surface area contributed by atoms with Crippen molar-refractivity contribution in [2.24, 2.45) is 0 Å². The van der Waals surface area contributed by atoms with Gasteiger partial charge in [-0.15, -0.1) is 0 Å². The van der Waals surface area contributed by atoms with Crippen LogP contribution in [0.5, 0.6) is 0 Å². The lowest BCUT2D eigenvalue weighted by molar-refractivity contribution is 0.0288. The van der Waals surface area contributed by atoms with Crippen LogP contribution in [0.2, 0.25) is 5.02 Å². The minimum Gasteiger partial charge on any atom is -0.448 e. The first-order chi connectivity index (χ1) is 9.47. The number of furan rings is 1. The number of hydrogen-bond donors (Lipinski definition) is 0. The molecule has 1 aromatic heterocycles. The van der Waals surface area contributed by atoms with E-state index >= 15 is 0 Å². The van der Waals surface area contributed by atoms with Gasteiger partial charge in [0.2, 0.25) is 11.5 Å². The maximum Gasteiger partial charge on any atom is 0.374 e. The molecule has 0 aliphatic heterocycles. The van der Waals surface area contributed by atoms with E-state index in [2.05, 4.69) is 15.9 Å². The van der Waals surface area contributed by atoms with Crippen molar-refractivity contribution in [1.29, 1.82) is 0 Å². The summed E-state index contributed by atoms with van der Waals surface area (Å²) in [6, 6.07) is 9.41. The molecule has 2 aromatic rings. The molecule has 0 aliphatic carbocycles. The minimum absolute atomic E-state index is 0.0348. The van der Waals surface area contributed by atoms with E-state index < -0.39 is 12.1 Å². The quantitative estimate of drug-likeness (QED) is 0.610. The molecule has 6 heteroatoms. The summed E-state index contributed by atoms with van der Waals surface area (Å²) in [4.78, 5) is 23.8. The number of esters is 1. The number of hydrogen-bond acceptors (Lipinski definition) is 4. The second kappa shape index (κ2) is 6.24. The zero-order valence-electron chi connectivity index (χ0n) is 10.4. The first-order valence-electron chi connectivity index (χ1n) is 5.73. The summed E-state index contributed by atoms with van der Waals surface area (Å²) in [6.07, 6.45) is -0.910. The second-order valence-corrected chi connectivity index (χ2v) is 5.24. The highest BCUT2D eigenvalue weighted by molar-refractivity contribution is 9.10. The number of halogens is 2. The Labute approximate surface area is 128 Å². The van der Waals surface area contributed by atoms with Gasteiger partial charge in [-0.1, -0.05) is 11.6 Å². The fraction of sp³-hybridized carbons (Fsp3) is 0.143. The summed E-state index contributed by atoms with van der Waals surface area (Å²) >= 11 is 8.83. The second-order valence-electron chi connectivity index (χ2n) is 4.02. The Bertz CT molecular complexity index is 633. The molecule has 1 atom stereocenters. The molecular formula is C14H10BrClO4. The van der Waals surface area contributed by atoms with Crippen molar-refractivity contribution in [3.05, 3.63) is 57.4 Å². The monoisotopic (exact) mass is 356 g/mol. The van der Waals surface area contributed by atoms with Crippen LogP contribution in [-0.2, 0) is 4.74 Å². The van der Waals surface area contributed by atoms with Crippen molar-refractivity contribution in [3.8, 4) is 0 Å². The van der Waals surface area contributed by atoms with Crippen molar-refractivity contribution in [2.45, 2.75) is 13.0 Å². The first-order valence-corrected chi connectivity index (χ1v) is 6.90. The van der Waals surface area contributed by atoms with Gasteiger partial charge < -0.3 is 9.15 Å². The maximum absolute atomic E-state index is 12.1. The molecule has 20 heavy (non-hydrogen) atoms. The number of ketones is 1. The summed E-state index contributed by atoms with van der Waals surface area (Å²) in [6.45, 7) is 1.51. The zero-order valence-corrected chi connectivity index (χ0v) is 12.8. The Morgan fingerprint density at radius 3 is 2.40 bits per heavy atom. The topological polar surface area (TPSA) is 56.5 Å². The van der Waals surface area contributed by atoms with Gasteiger partial charge in [0.05, 0.1) is 0 Å². The van der Waals surface area contributed by atoms with Gasteiger partial charge in [-0.25, -0.2) is 4.79 Å². The van der Waals surface area contributed by atoms with Crippen LogP contribution < -0.4 is 0 Å². The maximum atomic E-state index is 12.1. The lowest BCUT2D eigenvalue weighted by Gasteiger charge is -2.11. The summed E-state index contributed by atoms with van der Waals surface area (Å²) in [5.41, 5.74) is 0.426. The van der Waals surface area contributed by atoms with Gasteiger partial charge in [-0.2, -0.15) is 0 Å². The van der Waals surface area contributed by atoms with Crippen molar-refractivity contribution in [3.63, 3.8) is 0 Å². The summed E-state index contributed by atoms with van der Waals surface area (Å²) in [5.74, 6) is -0.959. The molecule has 4 nitrogen and oxygen atoms in total. The molecule has 0 bridgehead atoms. The zero-order chi connectivity index (χ0) is 14.7. The minimum atomic E-state index is -0.910. The van der Waals surface area contributed by atoms with Crippen LogP contribution in [0.1, 0.15) is 27.8 Å². The molecule has 0 spiro atoms. The molecule has 0 saturated carbocycles. The Kier molecular flexibility index (Phi) is 4.62. The van der Waals surface area contributed by atoms with Gasteiger partial charge in [0.15, 0.2) is 10.8 Å². The molecule has 0 radical (unpaired) electrons. The molecule has 1 unspecified atom stereocenters. The largest absolute Gasteiger partial charge is 0.448 e. The van der Waals surface area contributed by atoms with Gasteiger partial charge in [0.1, 0.15) is 0 Å². The normalized spacial score (nSPS) is 11.9. The van der Waals surface area contributed by atoms with E-state index in [1.165, 1.54) is 13.0 Å². The number of benzene rings is 1. The lowest BCUT2D eigenvalue weighted by Crippen LogP contribution is -2.24. The molecule has 1 heterocycles. The third kappa shape index (κ3) is 3.49. The van der Waals surface area contributed by atoms with E-state index in [1.54, 1.807) is 30.3 Å². The molecule has 2 rings (SSSR count). The highest BCUT2D eigenvalue weighted by Gasteiger charge is 2.22. The van der Waals surface area contributed by atoms with Gasteiger partial charge in [-0.3, -0.25) is 4.79 Å². The van der Waals surface area contributed by atoms with Crippen LogP contribution in [0.3, 0.4) is 0 Å². The molecule has 0 saturated heterocycles. The Morgan fingerprint density at radius 2 is 1.85 bits per heavy atom. The fourth-order valence-electron chi connectivity index (χ4n) is 1.55. The average Bonchev–Trinajstić information content (AvgIpc) is 2.85. The lowest BCUT2D eigenvalue weighted by atomic mass is 10.1. The Hall–Kier alpha value is -1.59. The number of ether oxygens (including phenoxy) is 1. The van der Waals surface area contributed by atoms with E-state index in [1.807, 2.05) is 0 Å². The van der Waals surface area contributed by atoms with Crippen molar-refractivity contribution in [1.82, 2.24) is 0 Å². The van der Waals surface area contributed by atoms with E-state index in [0.717, 1.165) is 0 Å². The van der Waals surface area contributed by atoms with Gasteiger partial charge in [-0.05, 0) is 59.3 Å². The SMILES string of the molecule is CC(OC(=O)c1ccc(Br)o1)C(=O)c1ccc(Cl)cc1. The standard InChI is InChI=1S/C14H10BrClO4/c1-8(13(17)9-2-4-10(16)5-3-9)19-14(18)11-6-7-12(15)20-11/h2-8H,1H3. The predicted molar refractivity (Wildman–Crippen MR) is 77.1 cm³/mol. The van der Waals surface area contributed by atoms with Crippen LogP contribution in [-0.4, -0.2) is 17.9 Å². The van der Waals surface area contributed by atoms with Crippen LogP contribution in [0, 0.1) is 0 Å². The summed E-state index contributed by atoms with van der Waals surface area (Å²) in [7, 11) is 0. The fourth-order valence-corrected chi connectivity index (χ4v) is 1.98. The molecular weight excluding hydrogens is 348 g/mol. The number of carbonyl (C=O) groups is 2. The molecule has 0 N–H and O–H groups in total. The molecule has 104 valence electrons. The van der Waals surface area contributed by atoms with Crippen molar-refractivity contribution >= 4 is 39.3 Å². The van der Waals surface area contributed by atoms with Crippen LogP contribution in [0.15, 0.2) is 45.5 Å². The van der Waals surface area contributed by atoms with Gasteiger partial charge in [0, 0.05) is 10.6 Å². The average molecular weight is 358 g/mol. The number of Topliss-reactive ketones (excluding diaryl/α,β-unsaturated/α-hetero) is 1. The Balaban J connectivity index is 2.04. The van der Waals surface area contributed by atoms with Crippen molar-refractivity contribution < 1.29 is 18.7 Å². The van der Waals surface area contributed by atoms with Crippen LogP contribution in [0.25, 0.3) is 0 Å². The van der Waals surface area contributed by atoms with E-state index in [9.17, 15) is 9.59 Å². The first kappa shape index (κ1) is 14.8. The number of rotatable bonds is 4. The van der Waals surface area contributed by atoms with Crippen LogP contribution >= 0.6 is 27.5 Å². The van der Waals surface area contributed by atoms with Crippen molar-refractivity contribution in [2.75, 3.05) is 0 Å². The third-order valence-corrected chi connectivity index (χ3v) is 3.23. The van der Waals surface area contributed by atoms with Gasteiger partial charge in [0.25, 0.3) is 0 Å². The van der Waals surface area contributed by atoms with E-state index in [-0.39, 0.29) is 11.5 Å². The summed E-state index contributed by atoms with van der Waals surface area (Å²) < 4.78 is 10.5. The molecule has 0 amide bonds. The van der Waals surface area contributed by atoms with E-state index in [4.69, 9.17) is 20.8 Å². The number of carbonyl (C=O) groups excluding carboxylic acids is 2. The third-order valence-electron chi connectivity index (χ3n) is 2.56. The summed E-state index contributed by atoms with van der Waals surface area (Å²) in [5, 5.41) is 0.534. The highest BCUT2D eigenvalue weighted by Crippen LogP contribution is 2.17. The van der Waals surface area contributed by atoms with E-state index in [0.29, 0.717) is 15.3 Å². The predicted octanol–water partition coefficient (Wildman–Crippen LogP) is 4.12.